The lowest BCUT2D eigenvalue weighted by Gasteiger charge is -2.26. The minimum absolute atomic E-state index is 0.108. The first-order chi connectivity index (χ1) is 11.5. The number of halogens is 1. The van der Waals surface area contributed by atoms with Crippen molar-refractivity contribution in [1.82, 2.24) is 4.90 Å². The molecule has 0 aromatic heterocycles. The van der Waals surface area contributed by atoms with Gasteiger partial charge in [-0.05, 0) is 13.0 Å². The number of nitrogens with two attached hydrogens (primary N) is 1. The second-order valence-electron chi connectivity index (χ2n) is 5.52. The summed E-state index contributed by atoms with van der Waals surface area (Å²) in [6.07, 6.45) is 8.72. The van der Waals surface area contributed by atoms with Crippen molar-refractivity contribution in [1.29, 1.82) is 0 Å². The summed E-state index contributed by atoms with van der Waals surface area (Å²) in [5, 5.41) is 0. The van der Waals surface area contributed by atoms with Gasteiger partial charge in [-0.25, -0.2) is 9.38 Å². The van der Waals surface area contributed by atoms with Gasteiger partial charge >= 0.3 is 0 Å². The zero-order chi connectivity index (χ0) is 17.3. The Hall–Kier alpha value is -3.02. The first-order valence-electron chi connectivity index (χ1n) is 7.56. The molecule has 2 heterocycles. The Balaban J connectivity index is 2.13. The third-order valence-electron chi connectivity index (χ3n) is 4.05. The summed E-state index contributed by atoms with van der Waals surface area (Å²) in [6.45, 7) is 2.25. The molecular weight excluding hydrogens is 309 g/mol. The molecule has 6 heteroatoms. The van der Waals surface area contributed by atoms with E-state index in [0.29, 0.717) is 17.7 Å². The summed E-state index contributed by atoms with van der Waals surface area (Å²) in [6, 6.07) is 3.95. The first kappa shape index (κ1) is 15.9. The number of nitrogens with one attached hydrogen (secondary N) is 1. The molecule has 0 radical (unpaired) electrons. The Morgan fingerprint density at radius 1 is 1.46 bits per heavy atom. The van der Waals surface area contributed by atoms with Gasteiger partial charge in [-0.15, -0.1) is 0 Å². The number of carbonyl (C=O) groups excluding carboxylic acids is 2. The van der Waals surface area contributed by atoms with E-state index in [1.54, 1.807) is 30.6 Å². The number of benzene rings is 1. The second-order valence-corrected chi connectivity index (χ2v) is 5.52. The molecule has 0 bridgehead atoms. The number of hydrogen-bond acceptors (Lipinski definition) is 2. The number of hydrogen-bond donors (Lipinski definition) is 2. The van der Waals surface area contributed by atoms with Gasteiger partial charge in [0.15, 0.2) is 6.21 Å². The zero-order valence-corrected chi connectivity index (χ0v) is 13.1. The lowest BCUT2D eigenvalue weighted by Crippen LogP contribution is -2.79. The highest BCUT2D eigenvalue weighted by atomic mass is 19.1. The molecule has 122 valence electrons. The molecule has 1 atom stereocenters. The topological polar surface area (TPSA) is 77.4 Å². The summed E-state index contributed by atoms with van der Waals surface area (Å²) < 4.78 is 14.7. The predicted molar refractivity (Wildman–Crippen MR) is 88.3 cm³/mol. The molecule has 2 amide bonds. The van der Waals surface area contributed by atoms with Gasteiger partial charge in [0.2, 0.25) is 0 Å². The van der Waals surface area contributed by atoms with Crippen molar-refractivity contribution in [2.75, 3.05) is 6.54 Å². The van der Waals surface area contributed by atoms with E-state index in [0.717, 1.165) is 0 Å². The molecule has 24 heavy (non-hydrogen) atoms. The quantitative estimate of drug-likeness (QED) is 0.773. The van der Waals surface area contributed by atoms with Crippen LogP contribution in [0.1, 0.15) is 22.8 Å². The second kappa shape index (κ2) is 6.23. The largest absolute Gasteiger partial charge is 0.366 e. The third-order valence-corrected chi connectivity index (χ3v) is 4.05. The van der Waals surface area contributed by atoms with Crippen LogP contribution in [0.15, 0.2) is 48.2 Å². The molecule has 0 fully saturated rings. The van der Waals surface area contributed by atoms with Gasteiger partial charge in [0.05, 0.1) is 5.56 Å². The Bertz CT molecular complexity index is 837. The van der Waals surface area contributed by atoms with Crippen molar-refractivity contribution in [2.45, 2.75) is 13.0 Å². The normalized spacial score (nSPS) is 19.5. The minimum atomic E-state index is -0.825. The molecule has 0 spiro atoms. The lowest BCUT2D eigenvalue weighted by atomic mass is 9.89. The molecule has 0 saturated heterocycles. The van der Waals surface area contributed by atoms with Crippen LogP contribution < -0.4 is 10.7 Å². The summed E-state index contributed by atoms with van der Waals surface area (Å²) >= 11 is 0. The van der Waals surface area contributed by atoms with Crippen LogP contribution in [0, 0.1) is 5.82 Å². The van der Waals surface area contributed by atoms with Crippen LogP contribution in [0.25, 0.3) is 5.57 Å². The van der Waals surface area contributed by atoms with Crippen LogP contribution in [0.5, 0.6) is 0 Å². The summed E-state index contributed by atoms with van der Waals surface area (Å²) in [7, 11) is 0. The van der Waals surface area contributed by atoms with Gasteiger partial charge in [-0.2, -0.15) is 0 Å². The van der Waals surface area contributed by atoms with Crippen molar-refractivity contribution in [3.63, 3.8) is 0 Å². The van der Waals surface area contributed by atoms with Crippen LogP contribution >= 0.6 is 0 Å². The number of carbonyl (C=O) groups is 2. The van der Waals surface area contributed by atoms with E-state index < -0.39 is 17.8 Å². The summed E-state index contributed by atoms with van der Waals surface area (Å²) in [5.41, 5.74) is 6.55. The van der Waals surface area contributed by atoms with E-state index in [2.05, 4.69) is 4.99 Å². The van der Waals surface area contributed by atoms with E-state index in [1.165, 1.54) is 11.0 Å². The number of primary amides is 1. The summed E-state index contributed by atoms with van der Waals surface area (Å²) in [5.74, 6) is -1.61. The van der Waals surface area contributed by atoms with Crippen LogP contribution in [-0.4, -0.2) is 35.5 Å². The minimum Gasteiger partial charge on any atom is -0.366 e. The SMILES string of the molecule is C/C=C/CN1C=C(c2cccc(C(N)=O)c2F)C2=CC=[NH+]C2C1=O. The molecule has 5 nitrogen and oxygen atoms in total. The molecular formula is C18H17FN3O2+. The number of nitrogens with zero attached hydrogens (tertiary/aromatic N) is 1. The average molecular weight is 326 g/mol. The monoisotopic (exact) mass is 326 g/mol. The summed E-state index contributed by atoms with van der Waals surface area (Å²) in [4.78, 5) is 28.4. The molecule has 2 aliphatic heterocycles. The zero-order valence-electron chi connectivity index (χ0n) is 13.1. The van der Waals surface area contributed by atoms with Crippen molar-refractivity contribution in [3.05, 3.63) is 65.1 Å². The smallest absolute Gasteiger partial charge is 0.300 e. The van der Waals surface area contributed by atoms with Gasteiger partial charge in [0.1, 0.15) is 5.82 Å². The van der Waals surface area contributed by atoms with Crippen molar-refractivity contribution >= 4 is 23.6 Å². The molecule has 1 unspecified atom stereocenters. The number of allylic oxidation sites excluding steroid dienone is 2. The third kappa shape index (κ3) is 2.56. The Morgan fingerprint density at radius 2 is 2.25 bits per heavy atom. The molecule has 3 N–H and O–H groups in total. The van der Waals surface area contributed by atoms with Crippen LogP contribution in [0.4, 0.5) is 4.39 Å². The van der Waals surface area contributed by atoms with Gasteiger partial charge in [0, 0.05) is 35.5 Å². The van der Waals surface area contributed by atoms with Crippen molar-refractivity contribution in [2.24, 2.45) is 5.73 Å². The molecule has 0 aliphatic carbocycles. The Kier molecular flexibility index (Phi) is 4.12. The van der Waals surface area contributed by atoms with Gasteiger partial charge < -0.3 is 10.6 Å². The van der Waals surface area contributed by atoms with Crippen LogP contribution in [0.2, 0.25) is 0 Å². The maximum absolute atomic E-state index is 14.7. The number of fused-ring (bicyclic) bond motifs is 1. The first-order valence-corrected chi connectivity index (χ1v) is 7.56. The number of amides is 2. The van der Waals surface area contributed by atoms with Crippen molar-refractivity contribution < 1.29 is 19.0 Å². The maximum Gasteiger partial charge on any atom is 0.300 e. The van der Waals surface area contributed by atoms with E-state index >= 15 is 0 Å². The van der Waals surface area contributed by atoms with Crippen molar-refractivity contribution in [3.8, 4) is 0 Å². The molecule has 1 aromatic rings. The molecule has 2 aliphatic rings. The van der Waals surface area contributed by atoms with E-state index in [4.69, 9.17) is 5.73 Å². The van der Waals surface area contributed by atoms with Gasteiger partial charge in [-0.1, -0.05) is 24.3 Å². The molecule has 1 aromatic carbocycles. The van der Waals surface area contributed by atoms with Crippen LogP contribution in [-0.2, 0) is 4.79 Å². The fourth-order valence-corrected chi connectivity index (χ4v) is 2.85. The van der Waals surface area contributed by atoms with E-state index in [-0.39, 0.29) is 17.0 Å². The average Bonchev–Trinajstić information content (AvgIpc) is 3.05. The standard InChI is InChI=1S/C18H16FN3O2/c1-2-3-9-22-10-14(12-7-8-21-16(12)18(22)24)11-5-4-6-13(15(11)19)17(20)23/h2-8,10,16H,9H2,1H3,(H2,20,23)/p+1/b3-2+. The number of rotatable bonds is 4. The van der Waals surface area contributed by atoms with E-state index in [9.17, 15) is 14.0 Å². The maximum atomic E-state index is 14.7. The van der Waals surface area contributed by atoms with Gasteiger partial charge in [0.25, 0.3) is 17.9 Å². The Labute approximate surface area is 138 Å². The van der Waals surface area contributed by atoms with Crippen LogP contribution in [0.3, 0.4) is 0 Å². The predicted octanol–water partition coefficient (Wildman–Crippen LogP) is 0.144. The fraction of sp³-hybridized carbons (Fsp3) is 0.167. The lowest BCUT2D eigenvalue weighted by molar-refractivity contribution is -0.467. The highest BCUT2D eigenvalue weighted by Gasteiger charge is 2.40. The fourth-order valence-electron chi connectivity index (χ4n) is 2.85. The molecule has 3 rings (SSSR count). The Morgan fingerprint density at radius 3 is 2.96 bits per heavy atom. The van der Waals surface area contributed by atoms with Gasteiger partial charge in [-0.3, -0.25) is 9.59 Å². The van der Waals surface area contributed by atoms with E-state index in [1.807, 2.05) is 19.1 Å². The molecule has 0 saturated carbocycles. The highest BCUT2D eigenvalue weighted by Crippen LogP contribution is 2.32. The highest BCUT2D eigenvalue weighted by molar-refractivity contribution is 6.02.